The Morgan fingerprint density at radius 3 is 2.76 bits per heavy atom. The van der Waals surface area contributed by atoms with Crippen molar-refractivity contribution in [3.63, 3.8) is 0 Å². The van der Waals surface area contributed by atoms with Gasteiger partial charge in [-0.25, -0.2) is 0 Å². The molecule has 2 aliphatic rings. The second kappa shape index (κ2) is 6.99. The third-order valence-electron chi connectivity index (χ3n) is 5.08. The monoisotopic (exact) mass is 371 g/mol. The Bertz CT molecular complexity index is 496. The van der Waals surface area contributed by atoms with Crippen LogP contribution in [0.3, 0.4) is 0 Å². The summed E-state index contributed by atoms with van der Waals surface area (Å²) in [6.07, 6.45) is 7.00. The molecule has 1 aliphatic heterocycles. The van der Waals surface area contributed by atoms with Crippen LogP contribution in [-0.2, 0) is 6.54 Å². The molecule has 0 aromatic heterocycles. The molecular weight excluding hydrogens is 350 g/mol. The highest BCUT2D eigenvalue weighted by Crippen LogP contribution is 2.36. The van der Waals surface area contributed by atoms with E-state index in [-0.39, 0.29) is 6.10 Å². The van der Waals surface area contributed by atoms with Gasteiger partial charge < -0.3 is 5.11 Å². The van der Waals surface area contributed by atoms with Gasteiger partial charge in [-0.1, -0.05) is 46.4 Å². The van der Waals surface area contributed by atoms with Crippen molar-refractivity contribution in [1.82, 2.24) is 4.90 Å². The van der Waals surface area contributed by atoms with Gasteiger partial charge in [0.2, 0.25) is 0 Å². The first-order valence-corrected chi connectivity index (χ1v) is 9.18. The van der Waals surface area contributed by atoms with Crippen molar-refractivity contribution in [3.05, 3.63) is 33.3 Å². The zero-order chi connectivity index (χ0) is 14.8. The van der Waals surface area contributed by atoms with Crippen LogP contribution in [0.1, 0.15) is 44.1 Å². The molecule has 2 fully saturated rings. The molecule has 1 saturated carbocycles. The second-order valence-electron chi connectivity index (χ2n) is 6.43. The molecule has 1 aliphatic carbocycles. The molecule has 0 radical (unpaired) electrons. The van der Waals surface area contributed by atoms with Crippen molar-refractivity contribution in [1.29, 1.82) is 0 Å². The van der Waals surface area contributed by atoms with E-state index in [2.05, 4.69) is 33.0 Å². The molecule has 3 unspecified atom stereocenters. The summed E-state index contributed by atoms with van der Waals surface area (Å²) in [6.45, 7) is 2.03. The molecule has 0 amide bonds. The lowest BCUT2D eigenvalue weighted by molar-refractivity contribution is 0.0313. The fourth-order valence-electron chi connectivity index (χ4n) is 3.98. The summed E-state index contributed by atoms with van der Waals surface area (Å²) in [6, 6.07) is 6.67. The van der Waals surface area contributed by atoms with Gasteiger partial charge in [0.1, 0.15) is 0 Å². The molecule has 3 atom stereocenters. The minimum Gasteiger partial charge on any atom is -0.393 e. The van der Waals surface area contributed by atoms with Crippen LogP contribution in [0.15, 0.2) is 22.7 Å². The number of halogens is 2. The number of aliphatic hydroxyl groups excluding tert-OH is 1. The lowest BCUT2D eigenvalue weighted by Crippen LogP contribution is -2.45. The van der Waals surface area contributed by atoms with Crippen LogP contribution in [0.2, 0.25) is 5.02 Å². The Labute approximate surface area is 140 Å². The van der Waals surface area contributed by atoms with Crippen LogP contribution in [0.5, 0.6) is 0 Å². The topological polar surface area (TPSA) is 23.5 Å². The van der Waals surface area contributed by atoms with Crippen LogP contribution < -0.4 is 0 Å². The summed E-state index contributed by atoms with van der Waals surface area (Å²) < 4.78 is 1.03. The maximum absolute atomic E-state index is 10.3. The predicted octanol–water partition coefficient (Wildman–Crippen LogP) is 4.62. The Balaban J connectivity index is 1.75. The van der Waals surface area contributed by atoms with Crippen molar-refractivity contribution < 1.29 is 5.11 Å². The largest absolute Gasteiger partial charge is 0.393 e. The van der Waals surface area contributed by atoms with Gasteiger partial charge in [0.15, 0.2) is 0 Å². The summed E-state index contributed by atoms with van der Waals surface area (Å²) in [5.41, 5.74) is 1.19. The first-order valence-electron chi connectivity index (χ1n) is 8.01. The Hall–Kier alpha value is -0.0900. The molecule has 0 bridgehead atoms. The molecule has 116 valence electrons. The number of hydrogen-bond donors (Lipinski definition) is 1. The summed E-state index contributed by atoms with van der Waals surface area (Å²) in [5, 5.41) is 11.1. The molecule has 1 aromatic rings. The summed E-state index contributed by atoms with van der Waals surface area (Å²) in [5.74, 6) is 0.458. The van der Waals surface area contributed by atoms with Gasteiger partial charge in [0.25, 0.3) is 0 Å². The Kier molecular flexibility index (Phi) is 5.26. The minimum absolute atomic E-state index is 0.101. The third-order valence-corrected chi connectivity index (χ3v) is 5.92. The normalized spacial score (nSPS) is 30.7. The fourth-order valence-corrected chi connectivity index (χ4v) is 4.72. The molecular formula is C17H23BrClNO. The molecule has 1 saturated heterocycles. The summed E-state index contributed by atoms with van der Waals surface area (Å²) in [4.78, 5) is 2.55. The molecule has 2 nitrogen and oxygen atoms in total. The zero-order valence-corrected chi connectivity index (χ0v) is 14.6. The van der Waals surface area contributed by atoms with E-state index in [0.717, 1.165) is 29.0 Å². The van der Waals surface area contributed by atoms with E-state index in [1.54, 1.807) is 0 Å². The highest BCUT2D eigenvalue weighted by atomic mass is 79.9. The van der Waals surface area contributed by atoms with Crippen molar-refractivity contribution in [3.8, 4) is 0 Å². The molecule has 21 heavy (non-hydrogen) atoms. The van der Waals surface area contributed by atoms with Gasteiger partial charge in [-0.05, 0) is 49.9 Å². The lowest BCUT2D eigenvalue weighted by Gasteiger charge is -2.40. The minimum atomic E-state index is -0.101. The average molecular weight is 373 g/mol. The standard InChI is InChI=1S/C17H23BrClNO/c18-13-8-7-12(15(19)10-13)11-20-9-2-1-5-16(20)14-4-3-6-17(14)21/h7-8,10,14,16-17,21H,1-6,9,11H2. The number of benzene rings is 1. The molecule has 1 aromatic carbocycles. The fraction of sp³-hybridized carbons (Fsp3) is 0.647. The number of piperidine rings is 1. The van der Waals surface area contributed by atoms with E-state index in [1.807, 2.05) is 6.07 Å². The third kappa shape index (κ3) is 3.64. The zero-order valence-electron chi connectivity index (χ0n) is 12.3. The van der Waals surface area contributed by atoms with Crippen molar-refractivity contribution in [2.45, 2.75) is 57.2 Å². The molecule has 0 spiro atoms. The van der Waals surface area contributed by atoms with Gasteiger partial charge in [0.05, 0.1) is 6.10 Å². The Morgan fingerprint density at radius 2 is 2.05 bits per heavy atom. The lowest BCUT2D eigenvalue weighted by atomic mass is 9.87. The van der Waals surface area contributed by atoms with Crippen LogP contribution in [-0.4, -0.2) is 28.7 Å². The number of rotatable bonds is 3. The molecule has 3 rings (SSSR count). The number of nitrogens with zero attached hydrogens (tertiary/aromatic N) is 1. The first-order chi connectivity index (χ1) is 10.1. The SMILES string of the molecule is OC1CCCC1C1CCCCN1Cc1ccc(Br)cc1Cl. The van der Waals surface area contributed by atoms with Crippen molar-refractivity contribution in [2.75, 3.05) is 6.54 Å². The van der Waals surface area contributed by atoms with Crippen molar-refractivity contribution in [2.24, 2.45) is 5.92 Å². The Morgan fingerprint density at radius 1 is 1.19 bits per heavy atom. The van der Waals surface area contributed by atoms with E-state index < -0.39 is 0 Å². The van der Waals surface area contributed by atoms with Gasteiger partial charge in [0, 0.05) is 28.0 Å². The molecule has 1 N–H and O–H groups in total. The highest BCUT2D eigenvalue weighted by Gasteiger charge is 2.36. The maximum atomic E-state index is 10.3. The van der Waals surface area contributed by atoms with Gasteiger partial charge >= 0.3 is 0 Å². The highest BCUT2D eigenvalue weighted by molar-refractivity contribution is 9.10. The second-order valence-corrected chi connectivity index (χ2v) is 7.75. The number of likely N-dealkylation sites (tertiary alicyclic amines) is 1. The van der Waals surface area contributed by atoms with Gasteiger partial charge in [-0.2, -0.15) is 0 Å². The van der Waals surface area contributed by atoms with Crippen molar-refractivity contribution >= 4 is 27.5 Å². The summed E-state index contributed by atoms with van der Waals surface area (Å²) in [7, 11) is 0. The van der Waals surface area contributed by atoms with E-state index in [9.17, 15) is 5.11 Å². The van der Waals surface area contributed by atoms with Gasteiger partial charge in [-0.3, -0.25) is 4.90 Å². The van der Waals surface area contributed by atoms with Crippen LogP contribution in [0.4, 0.5) is 0 Å². The average Bonchev–Trinajstić information content (AvgIpc) is 2.89. The summed E-state index contributed by atoms with van der Waals surface area (Å²) >= 11 is 9.84. The van der Waals surface area contributed by atoms with Gasteiger partial charge in [-0.15, -0.1) is 0 Å². The van der Waals surface area contributed by atoms with Crippen LogP contribution in [0, 0.1) is 5.92 Å². The van der Waals surface area contributed by atoms with E-state index in [4.69, 9.17) is 11.6 Å². The maximum Gasteiger partial charge on any atom is 0.0583 e. The quantitative estimate of drug-likeness (QED) is 0.837. The van der Waals surface area contributed by atoms with E-state index in [0.29, 0.717) is 12.0 Å². The van der Waals surface area contributed by atoms with E-state index >= 15 is 0 Å². The van der Waals surface area contributed by atoms with E-state index in [1.165, 1.54) is 37.7 Å². The number of aliphatic hydroxyl groups is 1. The van der Waals surface area contributed by atoms with Crippen LogP contribution >= 0.6 is 27.5 Å². The van der Waals surface area contributed by atoms with Crippen LogP contribution in [0.25, 0.3) is 0 Å². The first kappa shape index (κ1) is 15.8. The molecule has 4 heteroatoms. The predicted molar refractivity (Wildman–Crippen MR) is 90.5 cm³/mol. The number of hydrogen-bond acceptors (Lipinski definition) is 2. The smallest absolute Gasteiger partial charge is 0.0583 e. The molecule has 1 heterocycles.